The Morgan fingerprint density at radius 1 is 1.24 bits per heavy atom. The Balaban J connectivity index is 2.39. The van der Waals surface area contributed by atoms with E-state index in [4.69, 9.17) is 16.9 Å². The number of alkyl halides is 1. The third-order valence-corrected chi connectivity index (χ3v) is 4.03. The Hall–Kier alpha value is -2.31. The van der Waals surface area contributed by atoms with Crippen molar-refractivity contribution in [1.29, 1.82) is 5.26 Å². The number of aromatic nitrogens is 2. The van der Waals surface area contributed by atoms with Gasteiger partial charge in [0.25, 0.3) is 0 Å². The molecule has 0 aliphatic carbocycles. The van der Waals surface area contributed by atoms with Crippen LogP contribution >= 0.6 is 11.6 Å². The van der Waals surface area contributed by atoms with Crippen molar-refractivity contribution in [3.8, 4) is 11.8 Å². The zero-order valence-corrected chi connectivity index (χ0v) is 12.6. The van der Waals surface area contributed by atoms with Gasteiger partial charge >= 0.3 is 0 Å². The number of hydrogen-bond donors (Lipinski definition) is 0. The van der Waals surface area contributed by atoms with E-state index >= 15 is 0 Å². The minimum Gasteiger partial charge on any atom is -0.295 e. The van der Waals surface area contributed by atoms with Crippen LogP contribution in [0.2, 0.25) is 0 Å². The zero-order chi connectivity index (χ0) is 15.0. The summed E-state index contributed by atoms with van der Waals surface area (Å²) in [5, 5.41) is 9.12. The van der Waals surface area contributed by atoms with Crippen molar-refractivity contribution >= 4 is 22.6 Å². The maximum atomic E-state index is 9.12. The number of halogens is 1. The van der Waals surface area contributed by atoms with E-state index in [2.05, 4.69) is 37.0 Å². The molecule has 1 heterocycles. The van der Waals surface area contributed by atoms with Gasteiger partial charge in [-0.3, -0.25) is 4.57 Å². The zero-order valence-electron chi connectivity index (χ0n) is 11.9. The lowest BCUT2D eigenvalue weighted by Crippen LogP contribution is -2.02. The molecule has 0 fully saturated rings. The average molecular weight is 296 g/mol. The lowest BCUT2D eigenvalue weighted by atomic mass is 10.1. The van der Waals surface area contributed by atoms with E-state index < -0.39 is 0 Å². The molecular weight excluding hydrogens is 282 g/mol. The van der Waals surface area contributed by atoms with Crippen LogP contribution in [0.5, 0.6) is 0 Å². The van der Waals surface area contributed by atoms with Gasteiger partial charge in [0.05, 0.1) is 34.2 Å². The molecule has 21 heavy (non-hydrogen) atoms. The molecule has 0 spiro atoms. The second kappa shape index (κ2) is 5.23. The Labute approximate surface area is 128 Å². The first kappa shape index (κ1) is 13.7. The molecule has 2 aromatic carbocycles. The van der Waals surface area contributed by atoms with E-state index in [1.165, 1.54) is 11.1 Å². The lowest BCUT2D eigenvalue weighted by molar-refractivity contribution is 0.969. The molecule has 104 valence electrons. The van der Waals surface area contributed by atoms with Crippen molar-refractivity contribution in [2.24, 2.45) is 0 Å². The molecule has 0 saturated heterocycles. The Kier molecular flexibility index (Phi) is 3.40. The second-order valence-electron chi connectivity index (χ2n) is 5.03. The van der Waals surface area contributed by atoms with Crippen LogP contribution in [0.3, 0.4) is 0 Å². The molecule has 0 amide bonds. The van der Waals surface area contributed by atoms with Crippen molar-refractivity contribution < 1.29 is 0 Å². The quantitative estimate of drug-likeness (QED) is 0.663. The summed E-state index contributed by atoms with van der Waals surface area (Å²) >= 11 is 6.07. The van der Waals surface area contributed by atoms with Gasteiger partial charge in [-0.25, -0.2) is 4.98 Å². The van der Waals surface area contributed by atoms with Gasteiger partial charge in [0.2, 0.25) is 0 Å². The predicted molar refractivity (Wildman–Crippen MR) is 84.8 cm³/mol. The topological polar surface area (TPSA) is 41.6 Å². The van der Waals surface area contributed by atoms with E-state index in [1.54, 1.807) is 6.07 Å². The van der Waals surface area contributed by atoms with Crippen molar-refractivity contribution in [2.75, 3.05) is 0 Å². The molecule has 1 aromatic heterocycles. The van der Waals surface area contributed by atoms with Crippen LogP contribution in [0, 0.1) is 25.2 Å². The van der Waals surface area contributed by atoms with Crippen molar-refractivity contribution in [3.63, 3.8) is 0 Å². The third-order valence-electron chi connectivity index (χ3n) is 3.79. The Morgan fingerprint density at radius 3 is 2.76 bits per heavy atom. The second-order valence-corrected chi connectivity index (χ2v) is 5.30. The lowest BCUT2D eigenvalue weighted by Gasteiger charge is -2.13. The van der Waals surface area contributed by atoms with Crippen LogP contribution in [-0.2, 0) is 5.88 Å². The van der Waals surface area contributed by atoms with Gasteiger partial charge in [-0.05, 0) is 49.2 Å². The predicted octanol–water partition coefficient (Wildman–Crippen LogP) is 4.25. The van der Waals surface area contributed by atoms with Crippen LogP contribution in [0.25, 0.3) is 16.7 Å². The summed E-state index contributed by atoms with van der Waals surface area (Å²) < 4.78 is 2.05. The van der Waals surface area contributed by atoms with Crippen molar-refractivity contribution in [1.82, 2.24) is 9.55 Å². The fraction of sp³-hybridized carbons (Fsp3) is 0.176. The minimum atomic E-state index is 0.323. The van der Waals surface area contributed by atoms with E-state index in [0.717, 1.165) is 22.5 Å². The minimum absolute atomic E-state index is 0.323. The maximum absolute atomic E-state index is 9.12. The van der Waals surface area contributed by atoms with Gasteiger partial charge in [0.1, 0.15) is 5.82 Å². The first-order valence-corrected chi connectivity index (χ1v) is 7.23. The Morgan fingerprint density at radius 2 is 2.05 bits per heavy atom. The van der Waals surface area contributed by atoms with Crippen LogP contribution < -0.4 is 0 Å². The van der Waals surface area contributed by atoms with Gasteiger partial charge < -0.3 is 0 Å². The van der Waals surface area contributed by atoms with E-state index in [-0.39, 0.29) is 0 Å². The highest BCUT2D eigenvalue weighted by atomic mass is 35.5. The number of nitrogens with zero attached hydrogens (tertiary/aromatic N) is 3. The van der Waals surface area contributed by atoms with Crippen molar-refractivity contribution in [3.05, 3.63) is 58.9 Å². The van der Waals surface area contributed by atoms with Crippen LogP contribution in [0.1, 0.15) is 22.5 Å². The van der Waals surface area contributed by atoms with Crippen LogP contribution in [-0.4, -0.2) is 9.55 Å². The first-order chi connectivity index (χ1) is 10.2. The summed E-state index contributed by atoms with van der Waals surface area (Å²) in [4.78, 5) is 4.58. The molecular formula is C17H14ClN3. The molecule has 3 aromatic rings. The summed E-state index contributed by atoms with van der Waals surface area (Å²) in [5.41, 5.74) is 5.85. The number of benzene rings is 2. The highest BCUT2D eigenvalue weighted by Crippen LogP contribution is 2.26. The molecule has 3 nitrogen and oxygen atoms in total. The summed E-state index contributed by atoms with van der Waals surface area (Å²) in [6, 6.07) is 13.8. The number of aryl methyl sites for hydroxylation is 1. The molecule has 0 aliphatic rings. The highest BCUT2D eigenvalue weighted by molar-refractivity contribution is 6.17. The largest absolute Gasteiger partial charge is 0.295 e. The molecule has 0 saturated carbocycles. The highest BCUT2D eigenvalue weighted by Gasteiger charge is 2.14. The SMILES string of the molecule is Cc1cccc(-n2c(CCl)nc3ccc(C#N)cc32)c1C. The average Bonchev–Trinajstić information content (AvgIpc) is 2.87. The van der Waals surface area contributed by atoms with E-state index in [9.17, 15) is 0 Å². The van der Waals surface area contributed by atoms with Gasteiger partial charge in [-0.2, -0.15) is 5.26 Å². The maximum Gasteiger partial charge on any atom is 0.129 e. The summed E-state index contributed by atoms with van der Waals surface area (Å²) in [5.74, 6) is 1.11. The number of imidazole rings is 1. The Bertz CT molecular complexity index is 872. The van der Waals surface area contributed by atoms with E-state index in [1.807, 2.05) is 22.8 Å². The van der Waals surface area contributed by atoms with Crippen LogP contribution in [0.4, 0.5) is 0 Å². The summed E-state index contributed by atoms with van der Waals surface area (Å²) in [6.07, 6.45) is 0. The number of nitriles is 1. The molecule has 0 N–H and O–H groups in total. The molecule has 0 aliphatic heterocycles. The number of rotatable bonds is 2. The van der Waals surface area contributed by atoms with Crippen LogP contribution in [0.15, 0.2) is 36.4 Å². The van der Waals surface area contributed by atoms with Gasteiger partial charge in [-0.15, -0.1) is 11.6 Å². The molecule has 0 atom stereocenters. The standard InChI is InChI=1S/C17H14ClN3/c1-11-4-3-5-15(12(11)2)21-16-8-13(10-19)6-7-14(16)20-17(21)9-18/h3-8H,9H2,1-2H3. The van der Waals surface area contributed by atoms with Gasteiger partial charge in [-0.1, -0.05) is 12.1 Å². The molecule has 0 radical (unpaired) electrons. The fourth-order valence-corrected chi connectivity index (χ4v) is 2.71. The molecule has 3 rings (SSSR count). The van der Waals surface area contributed by atoms with Gasteiger partial charge in [0.15, 0.2) is 0 Å². The summed E-state index contributed by atoms with van der Waals surface area (Å²) in [7, 11) is 0. The fourth-order valence-electron chi connectivity index (χ4n) is 2.53. The first-order valence-electron chi connectivity index (χ1n) is 6.69. The van der Waals surface area contributed by atoms with E-state index in [0.29, 0.717) is 11.4 Å². The molecule has 0 bridgehead atoms. The monoisotopic (exact) mass is 295 g/mol. The molecule has 0 unspecified atom stereocenters. The molecule has 4 heteroatoms. The number of fused-ring (bicyclic) bond motifs is 1. The third kappa shape index (κ3) is 2.18. The van der Waals surface area contributed by atoms with Crippen molar-refractivity contribution in [2.45, 2.75) is 19.7 Å². The van der Waals surface area contributed by atoms with Gasteiger partial charge in [0, 0.05) is 0 Å². The summed E-state index contributed by atoms with van der Waals surface area (Å²) in [6.45, 7) is 4.17. The smallest absolute Gasteiger partial charge is 0.129 e. The number of hydrogen-bond acceptors (Lipinski definition) is 2. The normalized spacial score (nSPS) is 10.8.